The third-order valence-corrected chi connectivity index (χ3v) is 3.42. The lowest BCUT2D eigenvalue weighted by atomic mass is 10.1. The number of rotatable bonds is 3. The van der Waals surface area contributed by atoms with Crippen molar-refractivity contribution in [3.05, 3.63) is 71.1 Å². The molecular formula is C16H12ClFN2O. The van der Waals surface area contributed by atoms with Gasteiger partial charge in [-0.15, -0.1) is 0 Å². The monoisotopic (exact) mass is 302 g/mol. The van der Waals surface area contributed by atoms with Crippen LogP contribution in [0, 0.1) is 5.82 Å². The summed E-state index contributed by atoms with van der Waals surface area (Å²) in [5.74, 6) is -0.300. The van der Waals surface area contributed by atoms with E-state index in [1.54, 1.807) is 35.1 Å². The van der Waals surface area contributed by atoms with Crippen molar-refractivity contribution < 1.29 is 9.50 Å². The second kappa shape index (κ2) is 5.68. The maximum Gasteiger partial charge on any atom is 0.123 e. The van der Waals surface area contributed by atoms with E-state index in [2.05, 4.69) is 5.10 Å². The number of hydrogen-bond donors (Lipinski definition) is 1. The fourth-order valence-electron chi connectivity index (χ4n) is 2.10. The second-order valence-electron chi connectivity index (χ2n) is 4.59. The molecule has 0 unspecified atom stereocenters. The third kappa shape index (κ3) is 2.82. The molecule has 0 aliphatic heterocycles. The van der Waals surface area contributed by atoms with E-state index in [1.807, 2.05) is 12.1 Å². The molecule has 0 spiro atoms. The fourth-order valence-corrected chi connectivity index (χ4v) is 2.23. The molecule has 2 aromatic carbocycles. The standard InChI is InChI=1S/C16H12ClFN2O/c17-13-3-1-11(2-4-13)16-12(10-21)9-20(19-16)15-7-5-14(18)6-8-15/h1-9,21H,10H2. The van der Waals surface area contributed by atoms with Crippen molar-refractivity contribution in [1.29, 1.82) is 0 Å². The molecule has 0 fully saturated rings. The maximum atomic E-state index is 13.0. The predicted octanol–water partition coefficient (Wildman–Crippen LogP) is 3.82. The number of nitrogens with zero attached hydrogens (tertiary/aromatic N) is 2. The predicted molar refractivity (Wildman–Crippen MR) is 79.9 cm³/mol. The van der Waals surface area contributed by atoms with Gasteiger partial charge >= 0.3 is 0 Å². The second-order valence-corrected chi connectivity index (χ2v) is 5.03. The van der Waals surface area contributed by atoms with E-state index in [0.29, 0.717) is 16.3 Å². The van der Waals surface area contributed by atoms with E-state index in [1.165, 1.54) is 12.1 Å². The Bertz CT molecular complexity index is 751. The first kappa shape index (κ1) is 13.8. The van der Waals surface area contributed by atoms with Gasteiger partial charge in [0, 0.05) is 22.3 Å². The van der Waals surface area contributed by atoms with Gasteiger partial charge in [-0.05, 0) is 36.4 Å². The molecule has 5 heteroatoms. The van der Waals surface area contributed by atoms with E-state index in [-0.39, 0.29) is 12.4 Å². The average Bonchev–Trinajstić information content (AvgIpc) is 2.93. The minimum Gasteiger partial charge on any atom is -0.392 e. The number of benzene rings is 2. The Labute approximate surface area is 126 Å². The summed E-state index contributed by atoms with van der Waals surface area (Å²) >= 11 is 5.88. The van der Waals surface area contributed by atoms with E-state index < -0.39 is 0 Å². The van der Waals surface area contributed by atoms with Gasteiger partial charge in [-0.1, -0.05) is 23.7 Å². The summed E-state index contributed by atoms with van der Waals surface area (Å²) in [5, 5.41) is 14.6. The van der Waals surface area contributed by atoms with Crippen LogP contribution in [0.5, 0.6) is 0 Å². The molecule has 3 aromatic rings. The molecule has 0 radical (unpaired) electrons. The zero-order valence-corrected chi connectivity index (χ0v) is 11.8. The first-order valence-corrected chi connectivity index (χ1v) is 6.76. The van der Waals surface area contributed by atoms with E-state index >= 15 is 0 Å². The molecule has 0 aliphatic carbocycles. The van der Waals surface area contributed by atoms with E-state index in [9.17, 15) is 9.50 Å². The number of aromatic nitrogens is 2. The van der Waals surface area contributed by atoms with Gasteiger partial charge in [-0.3, -0.25) is 0 Å². The topological polar surface area (TPSA) is 38.0 Å². The molecule has 0 saturated carbocycles. The highest BCUT2D eigenvalue weighted by Crippen LogP contribution is 2.25. The fraction of sp³-hybridized carbons (Fsp3) is 0.0625. The first-order valence-electron chi connectivity index (χ1n) is 6.38. The molecule has 0 saturated heterocycles. The van der Waals surface area contributed by atoms with Gasteiger partial charge in [0.1, 0.15) is 5.82 Å². The van der Waals surface area contributed by atoms with E-state index in [0.717, 1.165) is 11.3 Å². The molecule has 21 heavy (non-hydrogen) atoms. The van der Waals surface area contributed by atoms with Crippen LogP contribution < -0.4 is 0 Å². The van der Waals surface area contributed by atoms with Crippen molar-refractivity contribution in [3.63, 3.8) is 0 Å². The van der Waals surface area contributed by atoms with Crippen molar-refractivity contribution in [2.24, 2.45) is 0 Å². The van der Waals surface area contributed by atoms with Gasteiger partial charge in [0.25, 0.3) is 0 Å². The van der Waals surface area contributed by atoms with Crippen molar-refractivity contribution in [2.75, 3.05) is 0 Å². The van der Waals surface area contributed by atoms with Gasteiger partial charge < -0.3 is 5.11 Å². The molecule has 0 amide bonds. The van der Waals surface area contributed by atoms with E-state index in [4.69, 9.17) is 11.6 Å². The quantitative estimate of drug-likeness (QED) is 0.798. The van der Waals surface area contributed by atoms with Crippen LogP contribution in [-0.2, 0) is 6.61 Å². The molecular weight excluding hydrogens is 291 g/mol. The lowest BCUT2D eigenvalue weighted by Crippen LogP contribution is -1.94. The normalized spacial score (nSPS) is 10.8. The minimum atomic E-state index is -0.300. The van der Waals surface area contributed by atoms with Crippen LogP contribution in [0.2, 0.25) is 5.02 Å². The molecule has 1 heterocycles. The molecule has 106 valence electrons. The zero-order chi connectivity index (χ0) is 14.8. The third-order valence-electron chi connectivity index (χ3n) is 3.17. The molecule has 1 N–H and O–H groups in total. The highest BCUT2D eigenvalue weighted by Gasteiger charge is 2.11. The molecule has 1 aromatic heterocycles. The van der Waals surface area contributed by atoms with Crippen LogP contribution >= 0.6 is 11.6 Å². The number of aliphatic hydroxyl groups excluding tert-OH is 1. The van der Waals surface area contributed by atoms with Gasteiger partial charge in [0.2, 0.25) is 0 Å². The minimum absolute atomic E-state index is 0.126. The van der Waals surface area contributed by atoms with Crippen molar-refractivity contribution in [1.82, 2.24) is 9.78 Å². The molecule has 0 aliphatic rings. The van der Waals surface area contributed by atoms with Gasteiger partial charge in [-0.25, -0.2) is 9.07 Å². The van der Waals surface area contributed by atoms with Crippen molar-refractivity contribution in [2.45, 2.75) is 6.61 Å². The summed E-state index contributed by atoms with van der Waals surface area (Å²) in [6.07, 6.45) is 1.73. The van der Waals surface area contributed by atoms with Crippen molar-refractivity contribution >= 4 is 11.6 Å². The molecule has 3 nitrogen and oxygen atoms in total. The van der Waals surface area contributed by atoms with Crippen LogP contribution in [0.25, 0.3) is 16.9 Å². The summed E-state index contributed by atoms with van der Waals surface area (Å²) < 4.78 is 14.6. The Morgan fingerprint density at radius 2 is 1.71 bits per heavy atom. The summed E-state index contributed by atoms with van der Waals surface area (Å²) in [6, 6.07) is 13.3. The largest absolute Gasteiger partial charge is 0.392 e. The molecule has 0 atom stereocenters. The number of hydrogen-bond acceptors (Lipinski definition) is 2. The SMILES string of the molecule is OCc1cn(-c2ccc(F)cc2)nc1-c1ccc(Cl)cc1. The molecule has 3 rings (SSSR count). The Morgan fingerprint density at radius 1 is 1.05 bits per heavy atom. The van der Waals surface area contributed by atoms with Crippen LogP contribution in [-0.4, -0.2) is 14.9 Å². The highest BCUT2D eigenvalue weighted by atomic mass is 35.5. The zero-order valence-electron chi connectivity index (χ0n) is 11.0. The van der Waals surface area contributed by atoms with Gasteiger partial charge in [-0.2, -0.15) is 5.10 Å². The lowest BCUT2D eigenvalue weighted by molar-refractivity contribution is 0.282. The summed E-state index contributed by atoms with van der Waals surface area (Å²) in [6.45, 7) is -0.126. The Hall–Kier alpha value is -2.17. The highest BCUT2D eigenvalue weighted by molar-refractivity contribution is 6.30. The van der Waals surface area contributed by atoms with Crippen LogP contribution in [0.15, 0.2) is 54.7 Å². The Balaban J connectivity index is 2.05. The first-order chi connectivity index (χ1) is 10.2. The average molecular weight is 303 g/mol. The van der Waals surface area contributed by atoms with Gasteiger partial charge in [0.05, 0.1) is 18.0 Å². The number of halogens is 2. The smallest absolute Gasteiger partial charge is 0.123 e. The van der Waals surface area contributed by atoms with Crippen LogP contribution in [0.4, 0.5) is 4.39 Å². The summed E-state index contributed by atoms with van der Waals surface area (Å²) in [7, 11) is 0. The van der Waals surface area contributed by atoms with Crippen LogP contribution in [0.3, 0.4) is 0 Å². The summed E-state index contributed by atoms with van der Waals surface area (Å²) in [4.78, 5) is 0. The van der Waals surface area contributed by atoms with Gasteiger partial charge in [0.15, 0.2) is 0 Å². The number of aliphatic hydroxyl groups is 1. The van der Waals surface area contributed by atoms with Crippen LogP contribution in [0.1, 0.15) is 5.56 Å². The lowest BCUT2D eigenvalue weighted by Gasteiger charge is -2.01. The van der Waals surface area contributed by atoms with Crippen molar-refractivity contribution in [3.8, 4) is 16.9 Å². The maximum absolute atomic E-state index is 13.0. The summed E-state index contributed by atoms with van der Waals surface area (Å²) in [5.41, 5.74) is 2.97. The Morgan fingerprint density at radius 3 is 2.33 bits per heavy atom. The molecule has 0 bridgehead atoms. The Kier molecular flexibility index (Phi) is 3.73.